The van der Waals surface area contributed by atoms with Crippen LogP contribution in [0, 0.1) is 0 Å². The molecule has 0 bridgehead atoms. The molecule has 0 aliphatic carbocycles. The van der Waals surface area contributed by atoms with Gasteiger partial charge in [-0.1, -0.05) is 36.4 Å². The number of carbonyl (C=O) groups excluding carboxylic acids is 1. The van der Waals surface area contributed by atoms with Crippen LogP contribution in [0.4, 0.5) is 0 Å². The van der Waals surface area contributed by atoms with Gasteiger partial charge in [0.2, 0.25) is 5.91 Å². The van der Waals surface area contributed by atoms with Gasteiger partial charge >= 0.3 is 5.97 Å². The number of benzene rings is 2. The summed E-state index contributed by atoms with van der Waals surface area (Å²) in [4.78, 5) is 25.2. The number of carbonyl (C=O) groups is 2. The molecule has 2 heterocycles. The maximum Gasteiger partial charge on any atom is 0.328 e. The third-order valence-electron chi connectivity index (χ3n) is 6.12. The zero-order valence-corrected chi connectivity index (χ0v) is 17.7. The van der Waals surface area contributed by atoms with E-state index in [1.807, 2.05) is 24.3 Å². The number of hydrogen-bond acceptors (Lipinski definition) is 4. The lowest BCUT2D eigenvalue weighted by Gasteiger charge is -2.47. The monoisotopic (exact) mass is 420 g/mol. The van der Waals surface area contributed by atoms with E-state index in [1.165, 1.54) is 12.5 Å². The molecule has 6 nitrogen and oxygen atoms in total. The van der Waals surface area contributed by atoms with Gasteiger partial charge in [0.05, 0.1) is 6.04 Å². The number of nitrogens with one attached hydrogen (secondary N) is 1. The number of nitrogens with zero attached hydrogens (tertiary/aromatic N) is 1. The van der Waals surface area contributed by atoms with Crippen LogP contribution in [-0.2, 0) is 16.1 Å². The summed E-state index contributed by atoms with van der Waals surface area (Å²) < 4.78 is 6.53. The molecule has 1 amide bonds. The van der Waals surface area contributed by atoms with Gasteiger partial charge in [0, 0.05) is 44.6 Å². The summed E-state index contributed by atoms with van der Waals surface area (Å²) in [5.74, 6) is -0.302. The first-order chi connectivity index (χ1) is 14.9. The van der Waals surface area contributed by atoms with Crippen molar-refractivity contribution in [3.63, 3.8) is 0 Å². The SMILES string of the molecule is CC(=O)NC1CC2(CCN(Cc3ccccc3)CC2)Oc2ccc(/C=C/C(=O)O)cc21. The fourth-order valence-corrected chi connectivity index (χ4v) is 4.60. The predicted octanol–water partition coefficient (Wildman–Crippen LogP) is 3.78. The van der Waals surface area contributed by atoms with Crippen molar-refractivity contribution in [2.24, 2.45) is 0 Å². The molecular formula is C25H28N2O4. The Hall–Kier alpha value is -3.12. The van der Waals surface area contributed by atoms with Crippen molar-refractivity contribution in [2.45, 2.75) is 44.4 Å². The Labute approximate surface area is 182 Å². The highest BCUT2D eigenvalue weighted by molar-refractivity contribution is 5.85. The molecule has 1 spiro atoms. The molecule has 4 rings (SSSR count). The number of amides is 1. The Morgan fingerprint density at radius 2 is 1.94 bits per heavy atom. The number of hydrogen-bond donors (Lipinski definition) is 2. The van der Waals surface area contributed by atoms with Crippen LogP contribution in [0.25, 0.3) is 6.08 Å². The van der Waals surface area contributed by atoms with Crippen LogP contribution in [0.3, 0.4) is 0 Å². The average Bonchev–Trinajstić information content (AvgIpc) is 2.74. The van der Waals surface area contributed by atoms with Crippen LogP contribution in [0.1, 0.15) is 48.9 Å². The number of fused-ring (bicyclic) bond motifs is 1. The number of aliphatic carboxylic acids is 1. The lowest BCUT2D eigenvalue weighted by Crippen LogP contribution is -2.52. The highest BCUT2D eigenvalue weighted by Gasteiger charge is 2.43. The average molecular weight is 421 g/mol. The van der Waals surface area contributed by atoms with E-state index in [1.54, 1.807) is 6.08 Å². The topological polar surface area (TPSA) is 78.9 Å². The lowest BCUT2D eigenvalue weighted by atomic mass is 9.80. The molecule has 0 radical (unpaired) electrons. The molecule has 0 saturated carbocycles. The van der Waals surface area contributed by atoms with E-state index < -0.39 is 5.97 Å². The Kier molecular flexibility index (Phi) is 6.09. The van der Waals surface area contributed by atoms with Crippen molar-refractivity contribution in [1.29, 1.82) is 0 Å². The third-order valence-corrected chi connectivity index (χ3v) is 6.12. The van der Waals surface area contributed by atoms with E-state index in [4.69, 9.17) is 9.84 Å². The minimum Gasteiger partial charge on any atom is -0.487 e. The van der Waals surface area contributed by atoms with E-state index >= 15 is 0 Å². The van der Waals surface area contributed by atoms with Crippen molar-refractivity contribution < 1.29 is 19.4 Å². The zero-order chi connectivity index (χ0) is 21.8. The van der Waals surface area contributed by atoms with Crippen LogP contribution >= 0.6 is 0 Å². The fourth-order valence-electron chi connectivity index (χ4n) is 4.60. The standard InChI is InChI=1S/C25H28N2O4/c1-18(28)26-22-16-25(11-13-27(14-12-25)17-20-5-3-2-4-6-20)31-23-9-7-19(15-21(22)23)8-10-24(29)30/h2-10,15,22H,11-14,16-17H2,1H3,(H,26,28)(H,29,30)/b10-8+. The first-order valence-corrected chi connectivity index (χ1v) is 10.7. The molecule has 31 heavy (non-hydrogen) atoms. The Bertz CT molecular complexity index is 978. The maximum atomic E-state index is 11.9. The van der Waals surface area contributed by atoms with E-state index in [0.717, 1.165) is 55.4 Å². The summed E-state index contributed by atoms with van der Waals surface area (Å²) in [5.41, 5.74) is 2.69. The number of rotatable bonds is 5. The van der Waals surface area contributed by atoms with Gasteiger partial charge in [0.1, 0.15) is 11.4 Å². The van der Waals surface area contributed by atoms with Crippen LogP contribution < -0.4 is 10.1 Å². The molecule has 2 N–H and O–H groups in total. The summed E-state index contributed by atoms with van der Waals surface area (Å²) in [6.07, 6.45) is 5.18. The molecule has 2 aliphatic heterocycles. The van der Waals surface area contributed by atoms with Gasteiger partial charge in [-0.25, -0.2) is 4.79 Å². The van der Waals surface area contributed by atoms with Crippen LogP contribution in [0.15, 0.2) is 54.6 Å². The number of carboxylic acid groups (broad SMARTS) is 1. The summed E-state index contributed by atoms with van der Waals surface area (Å²) in [7, 11) is 0. The highest BCUT2D eigenvalue weighted by Crippen LogP contribution is 2.44. The van der Waals surface area contributed by atoms with Crippen molar-refractivity contribution >= 4 is 18.0 Å². The van der Waals surface area contributed by atoms with Gasteiger partial charge < -0.3 is 15.2 Å². The van der Waals surface area contributed by atoms with Gasteiger partial charge in [-0.05, 0) is 42.2 Å². The second-order valence-corrected chi connectivity index (χ2v) is 8.47. The first-order valence-electron chi connectivity index (χ1n) is 10.7. The summed E-state index contributed by atoms with van der Waals surface area (Å²) in [6, 6.07) is 16.0. The van der Waals surface area contributed by atoms with Crippen molar-refractivity contribution in [1.82, 2.24) is 10.2 Å². The second-order valence-electron chi connectivity index (χ2n) is 8.47. The molecule has 2 aromatic rings. The van der Waals surface area contributed by atoms with Crippen molar-refractivity contribution in [3.8, 4) is 5.75 Å². The van der Waals surface area contributed by atoms with Crippen LogP contribution in [0.5, 0.6) is 5.75 Å². The molecule has 2 aromatic carbocycles. The highest BCUT2D eigenvalue weighted by atomic mass is 16.5. The molecular weight excluding hydrogens is 392 g/mol. The van der Waals surface area contributed by atoms with Crippen LogP contribution in [-0.4, -0.2) is 40.6 Å². The maximum absolute atomic E-state index is 11.9. The fraction of sp³-hybridized carbons (Fsp3) is 0.360. The summed E-state index contributed by atoms with van der Waals surface area (Å²) >= 11 is 0. The van der Waals surface area contributed by atoms with Crippen molar-refractivity contribution in [3.05, 3.63) is 71.3 Å². The van der Waals surface area contributed by atoms with Crippen molar-refractivity contribution in [2.75, 3.05) is 13.1 Å². The molecule has 1 atom stereocenters. The zero-order valence-electron chi connectivity index (χ0n) is 17.7. The smallest absolute Gasteiger partial charge is 0.328 e. The number of likely N-dealkylation sites (tertiary alicyclic amines) is 1. The van der Waals surface area contributed by atoms with Gasteiger partial charge in [-0.15, -0.1) is 0 Å². The molecule has 6 heteroatoms. The van der Waals surface area contributed by atoms with E-state index in [0.29, 0.717) is 6.42 Å². The number of carboxylic acids is 1. The van der Waals surface area contributed by atoms with Gasteiger partial charge in [-0.3, -0.25) is 9.69 Å². The molecule has 162 valence electrons. The van der Waals surface area contributed by atoms with Gasteiger partial charge in [0.25, 0.3) is 0 Å². The molecule has 0 aromatic heterocycles. The van der Waals surface area contributed by atoms with Gasteiger partial charge in [-0.2, -0.15) is 0 Å². The number of ether oxygens (including phenoxy) is 1. The molecule has 1 saturated heterocycles. The second kappa shape index (κ2) is 8.94. The summed E-state index contributed by atoms with van der Waals surface area (Å²) in [5, 5.41) is 12.0. The third kappa shape index (κ3) is 5.14. The van der Waals surface area contributed by atoms with E-state index in [9.17, 15) is 9.59 Å². The molecule has 2 aliphatic rings. The quantitative estimate of drug-likeness (QED) is 0.720. The Morgan fingerprint density at radius 3 is 2.61 bits per heavy atom. The minimum atomic E-state index is -0.992. The Balaban J connectivity index is 1.51. The minimum absolute atomic E-state index is 0.0824. The van der Waals surface area contributed by atoms with E-state index in [-0.39, 0.29) is 17.6 Å². The Morgan fingerprint density at radius 1 is 1.19 bits per heavy atom. The molecule has 1 fully saturated rings. The first kappa shape index (κ1) is 21.1. The largest absolute Gasteiger partial charge is 0.487 e. The van der Waals surface area contributed by atoms with Gasteiger partial charge in [0.15, 0.2) is 0 Å². The summed E-state index contributed by atoms with van der Waals surface area (Å²) in [6.45, 7) is 4.34. The normalized spacial score (nSPS) is 20.2. The predicted molar refractivity (Wildman–Crippen MR) is 119 cm³/mol. The number of piperidine rings is 1. The lowest BCUT2D eigenvalue weighted by molar-refractivity contribution is -0.131. The van der Waals surface area contributed by atoms with Crippen LogP contribution in [0.2, 0.25) is 0 Å². The molecule has 1 unspecified atom stereocenters. The van der Waals surface area contributed by atoms with E-state index in [2.05, 4.69) is 34.5 Å².